The molecular formula is C12H14N4O3S2. The molecule has 0 aliphatic carbocycles. The first-order valence-corrected chi connectivity index (χ1v) is 8.46. The average molecular weight is 326 g/mol. The third kappa shape index (κ3) is 4.23. The summed E-state index contributed by atoms with van der Waals surface area (Å²) >= 11 is 0.953. The minimum atomic E-state index is -3.69. The third-order valence-corrected chi connectivity index (χ3v) is 4.57. The van der Waals surface area contributed by atoms with E-state index >= 15 is 0 Å². The summed E-state index contributed by atoms with van der Waals surface area (Å²) < 4.78 is 30.2. The average Bonchev–Trinajstić information content (AvgIpc) is 2.91. The molecule has 1 aromatic heterocycles. The number of hydrogen-bond donors (Lipinski definition) is 2. The highest BCUT2D eigenvalue weighted by Crippen LogP contribution is 2.18. The number of nitrogens with one attached hydrogen (secondary N) is 2. The summed E-state index contributed by atoms with van der Waals surface area (Å²) in [5.41, 5.74) is 0.559. The first-order valence-electron chi connectivity index (χ1n) is 6.20. The first kappa shape index (κ1) is 15.4. The number of carbonyl (C=O) groups excluding carboxylic acids is 1. The van der Waals surface area contributed by atoms with Crippen molar-refractivity contribution in [3.05, 3.63) is 30.6 Å². The Morgan fingerprint density at radius 1 is 1.29 bits per heavy atom. The number of aromatic nitrogens is 2. The Morgan fingerprint density at radius 2 is 2.00 bits per heavy atom. The molecule has 0 saturated heterocycles. The van der Waals surface area contributed by atoms with Crippen LogP contribution < -0.4 is 10.0 Å². The van der Waals surface area contributed by atoms with Crippen molar-refractivity contribution in [2.45, 2.75) is 24.7 Å². The summed E-state index contributed by atoms with van der Waals surface area (Å²) in [5.74, 6) is -0.0971. The van der Waals surface area contributed by atoms with Crippen molar-refractivity contribution in [2.24, 2.45) is 0 Å². The van der Waals surface area contributed by atoms with E-state index in [0.717, 1.165) is 18.0 Å². The van der Waals surface area contributed by atoms with Gasteiger partial charge in [0.25, 0.3) is 10.0 Å². The van der Waals surface area contributed by atoms with Crippen LogP contribution in [0, 0.1) is 0 Å². The van der Waals surface area contributed by atoms with Gasteiger partial charge in [0.1, 0.15) is 6.33 Å². The monoisotopic (exact) mass is 326 g/mol. The fraction of sp³-hybridized carbons (Fsp3) is 0.250. The van der Waals surface area contributed by atoms with Gasteiger partial charge in [-0.05, 0) is 30.7 Å². The molecule has 0 aliphatic rings. The molecule has 21 heavy (non-hydrogen) atoms. The fourth-order valence-corrected chi connectivity index (χ4v) is 3.22. The van der Waals surface area contributed by atoms with Gasteiger partial charge < -0.3 is 5.32 Å². The highest BCUT2D eigenvalue weighted by molar-refractivity contribution is 7.93. The second-order valence-corrected chi connectivity index (χ2v) is 6.64. The summed E-state index contributed by atoms with van der Waals surface area (Å²) in [6.07, 6.45) is 2.46. The molecule has 0 aliphatic heterocycles. The molecule has 0 bridgehead atoms. The molecule has 0 spiro atoms. The molecule has 2 aromatic rings. The van der Waals surface area contributed by atoms with Crippen LogP contribution in [0.3, 0.4) is 0 Å². The van der Waals surface area contributed by atoms with Gasteiger partial charge in [-0.15, -0.1) is 0 Å². The van der Waals surface area contributed by atoms with Gasteiger partial charge in [0.15, 0.2) is 0 Å². The van der Waals surface area contributed by atoms with Gasteiger partial charge in [0, 0.05) is 23.6 Å². The smallest absolute Gasteiger partial charge is 0.263 e. The van der Waals surface area contributed by atoms with Crippen molar-refractivity contribution >= 4 is 38.3 Å². The van der Waals surface area contributed by atoms with Crippen LogP contribution >= 0.6 is 11.5 Å². The van der Waals surface area contributed by atoms with Gasteiger partial charge in [-0.3, -0.25) is 9.52 Å². The Morgan fingerprint density at radius 3 is 2.57 bits per heavy atom. The van der Waals surface area contributed by atoms with E-state index in [4.69, 9.17) is 0 Å². The van der Waals surface area contributed by atoms with Gasteiger partial charge in [0.05, 0.1) is 4.90 Å². The maximum atomic E-state index is 12.1. The molecule has 1 amide bonds. The molecule has 0 radical (unpaired) electrons. The normalized spacial score (nSPS) is 11.1. The van der Waals surface area contributed by atoms with Crippen molar-refractivity contribution in [2.75, 3.05) is 10.0 Å². The zero-order valence-corrected chi connectivity index (χ0v) is 12.9. The number of anilines is 2. The number of rotatable bonds is 6. The molecule has 0 saturated carbocycles. The highest BCUT2D eigenvalue weighted by Gasteiger charge is 2.15. The molecule has 112 valence electrons. The van der Waals surface area contributed by atoms with E-state index in [0.29, 0.717) is 12.1 Å². The standard InChI is InChI=1S/C12H14N4O3S2/c1-2-3-11(17)15-9-4-6-10(7-5-9)21(18,19)16-12-13-8-14-20-12/h4-8H,2-3H2,1H3,(H,15,17)(H,13,14,16). The maximum absolute atomic E-state index is 12.1. The second kappa shape index (κ2) is 6.64. The fourth-order valence-electron chi connectivity index (χ4n) is 1.56. The van der Waals surface area contributed by atoms with Crippen molar-refractivity contribution < 1.29 is 13.2 Å². The van der Waals surface area contributed by atoms with Crippen molar-refractivity contribution in [3.63, 3.8) is 0 Å². The Bertz CT molecular complexity index is 697. The predicted molar refractivity (Wildman–Crippen MR) is 80.7 cm³/mol. The van der Waals surface area contributed by atoms with Crippen LogP contribution in [-0.4, -0.2) is 23.7 Å². The largest absolute Gasteiger partial charge is 0.326 e. The zero-order valence-electron chi connectivity index (χ0n) is 11.2. The van der Waals surface area contributed by atoms with Gasteiger partial charge in [-0.1, -0.05) is 6.92 Å². The van der Waals surface area contributed by atoms with E-state index < -0.39 is 10.0 Å². The molecule has 1 aromatic carbocycles. The lowest BCUT2D eigenvalue weighted by molar-refractivity contribution is -0.116. The molecule has 2 N–H and O–H groups in total. The van der Waals surface area contributed by atoms with Crippen LogP contribution in [-0.2, 0) is 14.8 Å². The van der Waals surface area contributed by atoms with E-state index in [9.17, 15) is 13.2 Å². The molecule has 2 rings (SSSR count). The molecule has 1 heterocycles. The molecule has 7 nitrogen and oxygen atoms in total. The van der Waals surface area contributed by atoms with E-state index in [1.807, 2.05) is 6.92 Å². The number of sulfonamides is 1. The number of hydrogen-bond acceptors (Lipinski definition) is 6. The topological polar surface area (TPSA) is 101 Å². The van der Waals surface area contributed by atoms with Crippen molar-refractivity contribution in [1.29, 1.82) is 0 Å². The summed E-state index contributed by atoms with van der Waals surface area (Å²) in [6.45, 7) is 1.91. The summed E-state index contributed by atoms with van der Waals surface area (Å²) in [5, 5.41) is 2.90. The second-order valence-electron chi connectivity index (χ2n) is 4.17. The summed E-state index contributed by atoms with van der Waals surface area (Å²) in [7, 11) is -3.69. The van der Waals surface area contributed by atoms with Crippen LogP contribution in [0.1, 0.15) is 19.8 Å². The van der Waals surface area contributed by atoms with E-state index in [1.165, 1.54) is 18.5 Å². The lowest BCUT2D eigenvalue weighted by atomic mass is 10.3. The van der Waals surface area contributed by atoms with Crippen LogP contribution in [0.2, 0.25) is 0 Å². The minimum absolute atomic E-state index is 0.0891. The maximum Gasteiger partial charge on any atom is 0.263 e. The van der Waals surface area contributed by atoms with E-state index in [-0.39, 0.29) is 15.9 Å². The van der Waals surface area contributed by atoms with Crippen LogP contribution in [0.25, 0.3) is 0 Å². The molecule has 0 atom stereocenters. The summed E-state index contributed by atoms with van der Waals surface area (Å²) in [4.78, 5) is 15.3. The predicted octanol–water partition coefficient (Wildman–Crippen LogP) is 2.08. The highest BCUT2D eigenvalue weighted by atomic mass is 32.2. The molecular weight excluding hydrogens is 312 g/mol. The lowest BCUT2D eigenvalue weighted by Gasteiger charge is -2.07. The van der Waals surface area contributed by atoms with E-state index in [1.54, 1.807) is 12.1 Å². The van der Waals surface area contributed by atoms with Gasteiger partial charge in [-0.2, -0.15) is 4.37 Å². The van der Waals surface area contributed by atoms with Gasteiger partial charge >= 0.3 is 0 Å². The minimum Gasteiger partial charge on any atom is -0.326 e. The van der Waals surface area contributed by atoms with Crippen molar-refractivity contribution in [3.8, 4) is 0 Å². The first-order chi connectivity index (χ1) is 10.0. The van der Waals surface area contributed by atoms with Gasteiger partial charge in [-0.25, -0.2) is 13.4 Å². The Kier molecular flexibility index (Phi) is 4.86. The Labute approximate surface area is 126 Å². The number of benzene rings is 1. The molecule has 0 fully saturated rings. The Hall–Kier alpha value is -2.00. The number of amides is 1. The van der Waals surface area contributed by atoms with E-state index in [2.05, 4.69) is 19.4 Å². The molecule has 0 unspecified atom stereocenters. The lowest BCUT2D eigenvalue weighted by Crippen LogP contribution is -2.13. The number of nitrogens with zero attached hydrogens (tertiary/aromatic N) is 2. The van der Waals surface area contributed by atoms with Gasteiger partial charge in [0.2, 0.25) is 11.0 Å². The van der Waals surface area contributed by atoms with Crippen molar-refractivity contribution in [1.82, 2.24) is 9.36 Å². The quantitative estimate of drug-likeness (QED) is 0.846. The van der Waals surface area contributed by atoms with Crippen LogP contribution in [0.15, 0.2) is 35.5 Å². The third-order valence-electron chi connectivity index (χ3n) is 2.51. The number of carbonyl (C=O) groups is 1. The summed E-state index contributed by atoms with van der Waals surface area (Å²) in [6, 6.07) is 5.93. The van der Waals surface area contributed by atoms with Crippen LogP contribution in [0.5, 0.6) is 0 Å². The SMILES string of the molecule is CCCC(=O)Nc1ccc(S(=O)(=O)Nc2ncns2)cc1. The zero-order chi connectivity index (χ0) is 15.3. The Balaban J connectivity index is 2.09. The van der Waals surface area contributed by atoms with Crippen LogP contribution in [0.4, 0.5) is 10.8 Å². The molecule has 9 heteroatoms.